The first-order valence-corrected chi connectivity index (χ1v) is 8.20. The number of rotatable bonds is 4. The van der Waals surface area contributed by atoms with Crippen LogP contribution in [0.15, 0.2) is 44.6 Å². The lowest BCUT2D eigenvalue weighted by atomic mass is 10.4. The fourth-order valence-corrected chi connectivity index (χ4v) is 3.25. The summed E-state index contributed by atoms with van der Waals surface area (Å²) in [5, 5.41) is 0. The Morgan fingerprint density at radius 3 is 2.88 bits per heavy atom. The first-order chi connectivity index (χ1) is 12.1. The average molecular weight is 341 g/mol. The van der Waals surface area contributed by atoms with Crippen molar-refractivity contribution in [1.29, 1.82) is 0 Å². The molecular formula is C17H19N5O3. The summed E-state index contributed by atoms with van der Waals surface area (Å²) in [7, 11) is 1.65. The number of imidazole rings is 1. The van der Waals surface area contributed by atoms with E-state index >= 15 is 0 Å². The summed E-state index contributed by atoms with van der Waals surface area (Å²) in [6, 6.07) is 3.75. The Hall–Kier alpha value is -3.03. The van der Waals surface area contributed by atoms with Gasteiger partial charge in [0.15, 0.2) is 11.2 Å². The van der Waals surface area contributed by atoms with E-state index in [0.717, 1.165) is 12.3 Å². The van der Waals surface area contributed by atoms with Gasteiger partial charge in [0.2, 0.25) is 5.95 Å². The molecule has 130 valence electrons. The van der Waals surface area contributed by atoms with Gasteiger partial charge in [-0.25, -0.2) is 4.79 Å². The SMILES string of the molecule is CC=CCn1c(=O)c2c(nc3n2CCN3Cc2ccco2)n(C)c1=O. The summed E-state index contributed by atoms with van der Waals surface area (Å²) in [5.74, 6) is 1.53. The lowest BCUT2D eigenvalue weighted by Crippen LogP contribution is -2.39. The Morgan fingerprint density at radius 2 is 2.16 bits per heavy atom. The molecule has 0 radical (unpaired) electrons. The minimum Gasteiger partial charge on any atom is -0.467 e. The molecule has 1 aliphatic heterocycles. The van der Waals surface area contributed by atoms with Gasteiger partial charge in [-0.3, -0.25) is 13.9 Å². The van der Waals surface area contributed by atoms with Crippen molar-refractivity contribution in [3.63, 3.8) is 0 Å². The highest BCUT2D eigenvalue weighted by atomic mass is 16.3. The number of anilines is 1. The zero-order valence-corrected chi connectivity index (χ0v) is 14.2. The van der Waals surface area contributed by atoms with Crippen LogP contribution in [0.4, 0.5) is 5.95 Å². The topological polar surface area (TPSA) is 78.2 Å². The Bertz CT molecular complexity index is 1070. The third-order valence-corrected chi connectivity index (χ3v) is 4.54. The molecule has 4 rings (SSSR count). The van der Waals surface area contributed by atoms with Crippen LogP contribution in [-0.2, 0) is 26.7 Å². The van der Waals surface area contributed by atoms with E-state index < -0.39 is 0 Å². The molecule has 0 spiro atoms. The van der Waals surface area contributed by atoms with Crippen molar-refractivity contribution < 1.29 is 4.42 Å². The van der Waals surface area contributed by atoms with Gasteiger partial charge >= 0.3 is 5.69 Å². The van der Waals surface area contributed by atoms with Gasteiger partial charge < -0.3 is 13.9 Å². The van der Waals surface area contributed by atoms with Crippen LogP contribution in [0.5, 0.6) is 0 Å². The van der Waals surface area contributed by atoms with Crippen LogP contribution in [-0.4, -0.2) is 25.2 Å². The lowest BCUT2D eigenvalue weighted by Gasteiger charge is -2.13. The fraction of sp³-hybridized carbons (Fsp3) is 0.353. The molecule has 0 aliphatic carbocycles. The number of allylic oxidation sites excluding steroid dienone is 2. The van der Waals surface area contributed by atoms with Gasteiger partial charge in [-0.2, -0.15) is 4.98 Å². The maximum atomic E-state index is 12.9. The van der Waals surface area contributed by atoms with Crippen molar-refractivity contribution in [3.8, 4) is 0 Å². The maximum Gasteiger partial charge on any atom is 0.332 e. The molecule has 0 amide bonds. The number of aryl methyl sites for hydroxylation is 1. The van der Waals surface area contributed by atoms with E-state index in [0.29, 0.717) is 30.2 Å². The Kier molecular flexibility index (Phi) is 3.60. The minimum atomic E-state index is -0.357. The molecule has 25 heavy (non-hydrogen) atoms. The lowest BCUT2D eigenvalue weighted by molar-refractivity contribution is 0.504. The third kappa shape index (κ3) is 2.33. The predicted molar refractivity (Wildman–Crippen MR) is 93.8 cm³/mol. The number of aromatic nitrogens is 4. The quantitative estimate of drug-likeness (QED) is 0.664. The maximum absolute atomic E-state index is 12.9. The van der Waals surface area contributed by atoms with E-state index in [1.54, 1.807) is 19.4 Å². The van der Waals surface area contributed by atoms with Gasteiger partial charge in [-0.05, 0) is 19.1 Å². The van der Waals surface area contributed by atoms with E-state index in [9.17, 15) is 9.59 Å². The molecule has 0 aromatic carbocycles. The van der Waals surface area contributed by atoms with E-state index in [4.69, 9.17) is 4.42 Å². The van der Waals surface area contributed by atoms with Crippen LogP contribution in [0.1, 0.15) is 12.7 Å². The van der Waals surface area contributed by atoms with Crippen LogP contribution in [0, 0.1) is 0 Å². The second kappa shape index (κ2) is 5.80. The molecule has 4 heterocycles. The average Bonchev–Trinajstić information content (AvgIpc) is 3.31. The number of hydrogen-bond acceptors (Lipinski definition) is 5. The zero-order chi connectivity index (χ0) is 17.6. The normalized spacial score (nSPS) is 14.1. The predicted octanol–water partition coefficient (Wildman–Crippen LogP) is 1.09. The molecular weight excluding hydrogens is 322 g/mol. The largest absolute Gasteiger partial charge is 0.467 e. The molecule has 0 saturated carbocycles. The van der Waals surface area contributed by atoms with Gasteiger partial charge in [-0.1, -0.05) is 12.2 Å². The molecule has 0 N–H and O–H groups in total. The van der Waals surface area contributed by atoms with E-state index in [1.165, 1.54) is 9.13 Å². The van der Waals surface area contributed by atoms with Crippen molar-refractivity contribution in [1.82, 2.24) is 18.7 Å². The third-order valence-electron chi connectivity index (χ3n) is 4.54. The highest BCUT2D eigenvalue weighted by Gasteiger charge is 2.28. The summed E-state index contributed by atoms with van der Waals surface area (Å²) in [6.07, 6.45) is 5.25. The van der Waals surface area contributed by atoms with Crippen LogP contribution < -0.4 is 16.1 Å². The van der Waals surface area contributed by atoms with Crippen molar-refractivity contribution in [2.45, 2.75) is 26.6 Å². The Balaban J connectivity index is 1.87. The van der Waals surface area contributed by atoms with Gasteiger partial charge in [-0.15, -0.1) is 0 Å². The molecule has 0 saturated heterocycles. The van der Waals surface area contributed by atoms with E-state index in [-0.39, 0.29) is 17.8 Å². The van der Waals surface area contributed by atoms with Crippen LogP contribution >= 0.6 is 0 Å². The van der Waals surface area contributed by atoms with Gasteiger partial charge in [0.25, 0.3) is 5.56 Å². The molecule has 0 fully saturated rings. The zero-order valence-electron chi connectivity index (χ0n) is 14.2. The first-order valence-electron chi connectivity index (χ1n) is 8.20. The fourth-order valence-electron chi connectivity index (χ4n) is 3.25. The number of furan rings is 1. The van der Waals surface area contributed by atoms with Crippen molar-refractivity contribution in [2.75, 3.05) is 11.4 Å². The molecule has 0 atom stereocenters. The van der Waals surface area contributed by atoms with Gasteiger partial charge in [0, 0.05) is 26.7 Å². The summed E-state index contributed by atoms with van der Waals surface area (Å²) < 4.78 is 9.99. The highest BCUT2D eigenvalue weighted by molar-refractivity contribution is 5.75. The van der Waals surface area contributed by atoms with Crippen LogP contribution in [0.25, 0.3) is 11.2 Å². The molecule has 8 nitrogen and oxygen atoms in total. The molecule has 1 aliphatic rings. The van der Waals surface area contributed by atoms with Crippen molar-refractivity contribution >= 4 is 17.1 Å². The molecule has 3 aromatic rings. The smallest absolute Gasteiger partial charge is 0.332 e. The van der Waals surface area contributed by atoms with Crippen LogP contribution in [0.2, 0.25) is 0 Å². The van der Waals surface area contributed by atoms with Crippen molar-refractivity contribution in [2.24, 2.45) is 7.05 Å². The first kappa shape index (κ1) is 15.5. The number of nitrogens with zero attached hydrogens (tertiary/aromatic N) is 5. The second-order valence-corrected chi connectivity index (χ2v) is 6.06. The summed E-state index contributed by atoms with van der Waals surface area (Å²) in [5.41, 5.74) is 0.245. The van der Waals surface area contributed by atoms with Crippen molar-refractivity contribution in [3.05, 3.63) is 57.1 Å². The Morgan fingerprint density at radius 1 is 1.32 bits per heavy atom. The number of fused-ring (bicyclic) bond motifs is 3. The molecule has 8 heteroatoms. The molecule has 0 unspecified atom stereocenters. The van der Waals surface area contributed by atoms with Gasteiger partial charge in [0.05, 0.1) is 12.8 Å². The minimum absolute atomic E-state index is 0.259. The van der Waals surface area contributed by atoms with Gasteiger partial charge in [0.1, 0.15) is 5.76 Å². The monoisotopic (exact) mass is 341 g/mol. The molecule has 3 aromatic heterocycles. The Labute approximate surface area is 143 Å². The molecule has 0 bridgehead atoms. The standard InChI is InChI=1S/C17H19N5O3/c1-3-4-7-22-15(23)13-14(19(2)17(22)24)18-16-20(8-9-21(13)16)11-12-6-5-10-25-12/h3-6,10H,7-9,11H2,1-2H3. The van der Waals surface area contributed by atoms with E-state index in [2.05, 4.69) is 9.88 Å². The summed E-state index contributed by atoms with van der Waals surface area (Å²) in [6.45, 7) is 4.10. The number of hydrogen-bond donors (Lipinski definition) is 0. The van der Waals surface area contributed by atoms with E-state index in [1.807, 2.05) is 29.7 Å². The second-order valence-electron chi connectivity index (χ2n) is 6.06. The summed E-state index contributed by atoms with van der Waals surface area (Å²) in [4.78, 5) is 32.0. The summed E-state index contributed by atoms with van der Waals surface area (Å²) >= 11 is 0. The highest BCUT2D eigenvalue weighted by Crippen LogP contribution is 2.26. The van der Waals surface area contributed by atoms with Crippen LogP contribution in [0.3, 0.4) is 0 Å².